The Balaban J connectivity index is 3.50. The van der Waals surface area contributed by atoms with Crippen LogP contribution in [0.3, 0.4) is 0 Å². The zero-order valence-electron chi connectivity index (χ0n) is 36.7. The molecule has 0 aromatic rings. The molecular weight excluding hydrogens is 681 g/mol. The van der Waals surface area contributed by atoms with Crippen LogP contribution in [0.15, 0.2) is 36.5 Å². The molecule has 1 atom stereocenters. The second kappa shape index (κ2) is 46.5. The van der Waals surface area contributed by atoms with Crippen molar-refractivity contribution in [3.05, 3.63) is 36.5 Å². The molecule has 0 radical (unpaired) electrons. The Morgan fingerprint density at radius 2 is 0.727 bits per heavy atom. The van der Waals surface area contributed by atoms with Gasteiger partial charge >= 0.3 is 11.9 Å². The smallest absolute Gasteiger partial charge is 0.306 e. The molecule has 0 aliphatic rings. The van der Waals surface area contributed by atoms with E-state index in [-0.39, 0.29) is 25.2 Å². The van der Waals surface area contributed by atoms with Gasteiger partial charge in [-0.3, -0.25) is 9.59 Å². The normalized spacial score (nSPS) is 12.4. The first-order valence-electron chi connectivity index (χ1n) is 24.0. The Morgan fingerprint density at radius 3 is 1.09 bits per heavy atom. The number of unbranched alkanes of at least 4 members (excludes halogenated alkanes) is 30. The van der Waals surface area contributed by atoms with Gasteiger partial charge in [-0.2, -0.15) is 0 Å². The van der Waals surface area contributed by atoms with E-state index in [1.54, 1.807) is 0 Å². The van der Waals surface area contributed by atoms with Crippen molar-refractivity contribution in [2.45, 2.75) is 258 Å². The average Bonchev–Trinajstić information content (AvgIpc) is 3.19. The van der Waals surface area contributed by atoms with Crippen LogP contribution in [0.4, 0.5) is 0 Å². The first-order valence-corrected chi connectivity index (χ1v) is 24.0. The molecule has 5 heteroatoms. The molecular formula is C50H92O5. The fourth-order valence-electron chi connectivity index (χ4n) is 6.99. The van der Waals surface area contributed by atoms with Gasteiger partial charge in [-0.15, -0.1) is 0 Å². The number of esters is 2. The van der Waals surface area contributed by atoms with Crippen LogP contribution in [0.5, 0.6) is 0 Å². The predicted molar refractivity (Wildman–Crippen MR) is 238 cm³/mol. The van der Waals surface area contributed by atoms with Gasteiger partial charge in [0, 0.05) is 12.8 Å². The van der Waals surface area contributed by atoms with Crippen LogP contribution in [0.2, 0.25) is 0 Å². The summed E-state index contributed by atoms with van der Waals surface area (Å²) >= 11 is 0. The zero-order valence-corrected chi connectivity index (χ0v) is 36.7. The van der Waals surface area contributed by atoms with Crippen molar-refractivity contribution in [3.8, 4) is 0 Å². The summed E-state index contributed by atoms with van der Waals surface area (Å²) in [4.78, 5) is 24.4. The van der Waals surface area contributed by atoms with Crippen molar-refractivity contribution < 1.29 is 24.2 Å². The van der Waals surface area contributed by atoms with E-state index in [4.69, 9.17) is 9.47 Å². The number of aliphatic hydroxyl groups is 1. The molecule has 0 spiro atoms. The van der Waals surface area contributed by atoms with Gasteiger partial charge in [0.15, 0.2) is 6.10 Å². The van der Waals surface area contributed by atoms with E-state index in [0.29, 0.717) is 12.8 Å². The van der Waals surface area contributed by atoms with Gasteiger partial charge in [0.1, 0.15) is 6.61 Å². The van der Waals surface area contributed by atoms with E-state index in [1.807, 2.05) is 0 Å². The molecule has 0 saturated heterocycles. The number of ether oxygens (including phenoxy) is 2. The minimum absolute atomic E-state index is 0.0666. The van der Waals surface area contributed by atoms with E-state index in [2.05, 4.69) is 50.3 Å². The molecule has 0 heterocycles. The van der Waals surface area contributed by atoms with Crippen molar-refractivity contribution in [1.29, 1.82) is 0 Å². The molecule has 0 aromatic heterocycles. The fourth-order valence-corrected chi connectivity index (χ4v) is 6.99. The van der Waals surface area contributed by atoms with Crippen molar-refractivity contribution in [1.82, 2.24) is 0 Å². The van der Waals surface area contributed by atoms with Crippen LogP contribution in [-0.2, 0) is 19.1 Å². The molecule has 0 aliphatic heterocycles. The maximum atomic E-state index is 12.2. The molecule has 55 heavy (non-hydrogen) atoms. The summed E-state index contributed by atoms with van der Waals surface area (Å²) in [5, 5.41) is 9.61. The molecule has 0 aromatic carbocycles. The molecule has 0 bridgehead atoms. The van der Waals surface area contributed by atoms with Gasteiger partial charge in [0.05, 0.1) is 6.61 Å². The van der Waals surface area contributed by atoms with E-state index in [0.717, 1.165) is 44.9 Å². The third-order valence-corrected chi connectivity index (χ3v) is 10.7. The highest BCUT2D eigenvalue weighted by Crippen LogP contribution is 2.15. The number of hydrogen-bond acceptors (Lipinski definition) is 5. The second-order valence-corrected chi connectivity index (χ2v) is 16.2. The second-order valence-electron chi connectivity index (χ2n) is 16.2. The standard InChI is InChI=1S/C50H92O5/c1-3-5-7-9-11-13-15-17-19-21-23-24-25-26-27-29-31-33-35-37-39-41-43-45-50(53)55-48(46-51)47-54-49(52)44-42-40-38-36-34-32-30-28-22-20-18-16-14-12-10-8-6-4-2/h15,17,20-23,48,51H,3-14,16,18-19,24-47H2,1-2H3/b17-15-,22-20-,23-21-. The van der Waals surface area contributed by atoms with Gasteiger partial charge in [-0.25, -0.2) is 0 Å². The number of carbonyl (C=O) groups is 2. The molecule has 0 rings (SSSR count). The molecule has 5 nitrogen and oxygen atoms in total. The Bertz CT molecular complexity index is 877. The molecule has 0 aliphatic carbocycles. The summed E-state index contributed by atoms with van der Waals surface area (Å²) in [7, 11) is 0. The van der Waals surface area contributed by atoms with Crippen molar-refractivity contribution in [2.24, 2.45) is 0 Å². The lowest BCUT2D eigenvalue weighted by atomic mass is 10.0. The highest BCUT2D eigenvalue weighted by atomic mass is 16.6. The third kappa shape index (κ3) is 44.7. The Morgan fingerprint density at radius 1 is 0.418 bits per heavy atom. The summed E-state index contributed by atoms with van der Waals surface area (Å²) in [6, 6.07) is 0. The fraction of sp³-hybridized carbons (Fsp3) is 0.840. The van der Waals surface area contributed by atoms with Crippen molar-refractivity contribution >= 4 is 11.9 Å². The van der Waals surface area contributed by atoms with Gasteiger partial charge < -0.3 is 14.6 Å². The van der Waals surface area contributed by atoms with Gasteiger partial charge in [0.25, 0.3) is 0 Å². The van der Waals surface area contributed by atoms with Crippen LogP contribution in [0.1, 0.15) is 251 Å². The van der Waals surface area contributed by atoms with Gasteiger partial charge in [0.2, 0.25) is 0 Å². The van der Waals surface area contributed by atoms with E-state index >= 15 is 0 Å². The quantitative estimate of drug-likeness (QED) is 0.0379. The van der Waals surface area contributed by atoms with Crippen LogP contribution >= 0.6 is 0 Å². The maximum absolute atomic E-state index is 12.2. The summed E-state index contributed by atoms with van der Waals surface area (Å²) in [5.41, 5.74) is 0. The summed E-state index contributed by atoms with van der Waals surface area (Å²) in [5.74, 6) is -0.589. The minimum atomic E-state index is -0.773. The molecule has 322 valence electrons. The van der Waals surface area contributed by atoms with Crippen molar-refractivity contribution in [3.63, 3.8) is 0 Å². The highest BCUT2D eigenvalue weighted by molar-refractivity contribution is 5.70. The molecule has 0 saturated carbocycles. The van der Waals surface area contributed by atoms with E-state index in [1.165, 1.54) is 180 Å². The number of allylic oxidation sites excluding steroid dienone is 6. The average molecular weight is 773 g/mol. The number of aliphatic hydroxyl groups excluding tert-OH is 1. The predicted octanol–water partition coefficient (Wildman–Crippen LogP) is 15.6. The summed E-state index contributed by atoms with van der Waals surface area (Å²) < 4.78 is 10.7. The van der Waals surface area contributed by atoms with Crippen LogP contribution in [0, 0.1) is 0 Å². The molecule has 1 unspecified atom stereocenters. The molecule has 0 amide bonds. The first kappa shape index (κ1) is 53.1. The number of rotatable bonds is 44. The Hall–Kier alpha value is -1.88. The number of carbonyl (C=O) groups excluding carboxylic acids is 2. The largest absolute Gasteiger partial charge is 0.462 e. The SMILES string of the molecule is CCCCCCC/C=C\C/C=C\CCCCCCCCCCCCCC(=O)OC(CO)COC(=O)CCCCCCCCC/C=C\CCCCCCCCC. The third-order valence-electron chi connectivity index (χ3n) is 10.7. The first-order chi connectivity index (χ1) is 27.1. The zero-order chi connectivity index (χ0) is 40.0. The molecule has 0 fully saturated rings. The molecule has 1 N–H and O–H groups in total. The summed E-state index contributed by atoms with van der Waals surface area (Å²) in [6.07, 6.45) is 57.9. The van der Waals surface area contributed by atoms with Gasteiger partial charge in [-0.05, 0) is 70.6 Å². The monoisotopic (exact) mass is 773 g/mol. The van der Waals surface area contributed by atoms with E-state index < -0.39 is 6.10 Å². The van der Waals surface area contributed by atoms with Crippen LogP contribution in [0.25, 0.3) is 0 Å². The van der Waals surface area contributed by atoms with Crippen LogP contribution in [-0.4, -0.2) is 36.4 Å². The highest BCUT2D eigenvalue weighted by Gasteiger charge is 2.16. The number of hydrogen-bond donors (Lipinski definition) is 1. The Labute approximate surface area is 342 Å². The maximum Gasteiger partial charge on any atom is 0.306 e. The minimum Gasteiger partial charge on any atom is -0.462 e. The summed E-state index contributed by atoms with van der Waals surface area (Å²) in [6.45, 7) is 4.14. The van der Waals surface area contributed by atoms with Crippen molar-refractivity contribution in [2.75, 3.05) is 13.2 Å². The van der Waals surface area contributed by atoms with E-state index in [9.17, 15) is 14.7 Å². The lowest BCUT2D eigenvalue weighted by Crippen LogP contribution is -2.28. The Kier molecular flexibility index (Phi) is 44.9. The topological polar surface area (TPSA) is 72.8 Å². The van der Waals surface area contributed by atoms with Gasteiger partial charge in [-0.1, -0.05) is 204 Å². The van der Waals surface area contributed by atoms with Crippen LogP contribution < -0.4 is 0 Å². The lowest BCUT2D eigenvalue weighted by Gasteiger charge is -2.15. The lowest BCUT2D eigenvalue weighted by molar-refractivity contribution is -0.161.